The van der Waals surface area contributed by atoms with Crippen molar-refractivity contribution in [2.24, 2.45) is 5.73 Å². The van der Waals surface area contributed by atoms with Crippen LogP contribution in [-0.4, -0.2) is 41.3 Å². The fourth-order valence-corrected chi connectivity index (χ4v) is 1.88. The minimum absolute atomic E-state index is 0.141. The maximum absolute atomic E-state index is 12.0. The Morgan fingerprint density at radius 3 is 2.41 bits per heavy atom. The van der Waals surface area contributed by atoms with Crippen LogP contribution in [0.1, 0.15) is 33.1 Å². The third-order valence-corrected chi connectivity index (χ3v) is 3.47. The number of carboxylic acids is 1. The summed E-state index contributed by atoms with van der Waals surface area (Å²) in [5.41, 5.74) is 3.57. The quantitative estimate of drug-likeness (QED) is 0.625. The van der Waals surface area contributed by atoms with Crippen molar-refractivity contribution in [2.45, 2.75) is 44.2 Å². The second-order valence-corrected chi connectivity index (χ2v) is 4.51. The van der Waals surface area contributed by atoms with Gasteiger partial charge in [-0.3, -0.25) is 4.79 Å². The summed E-state index contributed by atoms with van der Waals surface area (Å²) in [5.74, 6) is -1.47. The van der Waals surface area contributed by atoms with Gasteiger partial charge in [-0.2, -0.15) is 0 Å². The van der Waals surface area contributed by atoms with E-state index >= 15 is 0 Å². The minimum atomic E-state index is -1.23. The van der Waals surface area contributed by atoms with Crippen LogP contribution in [0.5, 0.6) is 0 Å². The number of hydrogen-bond acceptors (Lipinski definition) is 4. The van der Waals surface area contributed by atoms with Crippen LogP contribution in [0, 0.1) is 0 Å². The summed E-state index contributed by atoms with van der Waals surface area (Å²) < 4.78 is 5.09. The molecule has 0 aliphatic carbocycles. The van der Waals surface area contributed by atoms with E-state index in [1.54, 1.807) is 13.8 Å². The zero-order chi connectivity index (χ0) is 13.1. The van der Waals surface area contributed by atoms with Gasteiger partial charge in [0.15, 0.2) is 0 Å². The molecule has 0 bridgehead atoms. The molecule has 1 rings (SSSR count). The molecular formula is C11H20N2O4. The standard InChI is InChI=1S/C11H20N2O4/c1-3-11(4-2,9(15)16)13-8(14)10(12)5-6-17-7-10/h3-7,12H2,1-2H3,(H,13,14)(H,15,16). The second-order valence-electron chi connectivity index (χ2n) is 4.51. The van der Waals surface area contributed by atoms with E-state index in [1.165, 1.54) is 0 Å². The first-order chi connectivity index (χ1) is 7.90. The maximum Gasteiger partial charge on any atom is 0.329 e. The van der Waals surface area contributed by atoms with Gasteiger partial charge in [-0.15, -0.1) is 0 Å². The first-order valence-corrected chi connectivity index (χ1v) is 5.83. The number of carboxylic acid groups (broad SMARTS) is 1. The van der Waals surface area contributed by atoms with E-state index in [-0.39, 0.29) is 6.61 Å². The van der Waals surface area contributed by atoms with Gasteiger partial charge in [-0.1, -0.05) is 13.8 Å². The smallest absolute Gasteiger partial charge is 0.329 e. The van der Waals surface area contributed by atoms with Gasteiger partial charge in [-0.25, -0.2) is 4.79 Å². The average molecular weight is 244 g/mol. The number of hydrogen-bond donors (Lipinski definition) is 3. The Kier molecular flexibility index (Phi) is 4.11. The Morgan fingerprint density at radius 2 is 2.06 bits per heavy atom. The van der Waals surface area contributed by atoms with E-state index < -0.39 is 23.0 Å². The van der Waals surface area contributed by atoms with Crippen LogP contribution in [-0.2, 0) is 14.3 Å². The average Bonchev–Trinajstić information content (AvgIpc) is 2.73. The highest BCUT2D eigenvalue weighted by atomic mass is 16.5. The lowest BCUT2D eigenvalue weighted by Gasteiger charge is -2.32. The fourth-order valence-electron chi connectivity index (χ4n) is 1.88. The minimum Gasteiger partial charge on any atom is -0.480 e. The number of amides is 1. The number of nitrogens with two attached hydrogens (primary N) is 1. The predicted octanol–water partition coefficient (Wildman–Crippen LogP) is -0.136. The molecule has 1 unspecified atom stereocenters. The summed E-state index contributed by atoms with van der Waals surface area (Å²) in [6.45, 7) is 4.03. The molecule has 1 aliphatic heterocycles. The number of rotatable bonds is 5. The van der Waals surface area contributed by atoms with Crippen LogP contribution >= 0.6 is 0 Å². The van der Waals surface area contributed by atoms with Crippen molar-refractivity contribution in [3.63, 3.8) is 0 Å². The summed E-state index contributed by atoms with van der Waals surface area (Å²) in [6.07, 6.45) is 1.06. The number of nitrogens with one attached hydrogen (secondary N) is 1. The number of aliphatic carboxylic acids is 1. The molecule has 1 atom stereocenters. The molecule has 0 aromatic rings. The van der Waals surface area contributed by atoms with Crippen LogP contribution in [0.25, 0.3) is 0 Å². The molecule has 98 valence electrons. The van der Waals surface area contributed by atoms with Crippen molar-refractivity contribution in [1.29, 1.82) is 0 Å². The predicted molar refractivity (Wildman–Crippen MR) is 61.4 cm³/mol. The molecule has 17 heavy (non-hydrogen) atoms. The van der Waals surface area contributed by atoms with E-state index in [1.807, 2.05) is 0 Å². The van der Waals surface area contributed by atoms with Gasteiger partial charge in [-0.05, 0) is 19.3 Å². The van der Waals surface area contributed by atoms with E-state index in [9.17, 15) is 14.7 Å². The van der Waals surface area contributed by atoms with Crippen LogP contribution in [0.3, 0.4) is 0 Å². The molecule has 1 aliphatic rings. The molecule has 1 amide bonds. The molecule has 0 radical (unpaired) electrons. The van der Waals surface area contributed by atoms with Crippen molar-refractivity contribution < 1.29 is 19.4 Å². The van der Waals surface area contributed by atoms with Crippen molar-refractivity contribution in [1.82, 2.24) is 5.32 Å². The lowest BCUT2D eigenvalue weighted by atomic mass is 9.90. The monoisotopic (exact) mass is 244 g/mol. The zero-order valence-corrected chi connectivity index (χ0v) is 10.3. The summed E-state index contributed by atoms with van der Waals surface area (Å²) in [4.78, 5) is 23.3. The molecule has 1 saturated heterocycles. The first-order valence-electron chi connectivity index (χ1n) is 5.83. The van der Waals surface area contributed by atoms with E-state index in [2.05, 4.69) is 5.32 Å². The molecule has 1 heterocycles. The molecule has 1 fully saturated rings. The molecule has 6 heteroatoms. The van der Waals surface area contributed by atoms with Gasteiger partial charge in [0.1, 0.15) is 11.1 Å². The van der Waals surface area contributed by atoms with Gasteiger partial charge in [0, 0.05) is 6.61 Å². The van der Waals surface area contributed by atoms with E-state index in [4.69, 9.17) is 10.5 Å². The van der Waals surface area contributed by atoms with Crippen LogP contribution in [0.4, 0.5) is 0 Å². The van der Waals surface area contributed by atoms with Gasteiger partial charge < -0.3 is 20.9 Å². The largest absolute Gasteiger partial charge is 0.480 e. The summed E-state index contributed by atoms with van der Waals surface area (Å²) >= 11 is 0. The van der Waals surface area contributed by atoms with Gasteiger partial charge in [0.25, 0.3) is 0 Å². The Morgan fingerprint density at radius 1 is 1.47 bits per heavy atom. The Labute approximate surface area is 101 Å². The van der Waals surface area contributed by atoms with Crippen molar-refractivity contribution in [3.05, 3.63) is 0 Å². The van der Waals surface area contributed by atoms with Crippen molar-refractivity contribution in [2.75, 3.05) is 13.2 Å². The topological polar surface area (TPSA) is 102 Å². The molecule has 6 nitrogen and oxygen atoms in total. The highest BCUT2D eigenvalue weighted by Gasteiger charge is 2.44. The molecule has 0 spiro atoms. The van der Waals surface area contributed by atoms with Gasteiger partial charge >= 0.3 is 5.97 Å². The zero-order valence-electron chi connectivity index (χ0n) is 10.3. The molecule has 0 saturated carbocycles. The summed E-state index contributed by atoms with van der Waals surface area (Å²) in [7, 11) is 0. The Hall–Kier alpha value is -1.14. The van der Waals surface area contributed by atoms with Gasteiger partial charge in [0.05, 0.1) is 6.61 Å². The third-order valence-electron chi connectivity index (χ3n) is 3.47. The molecule has 4 N–H and O–H groups in total. The van der Waals surface area contributed by atoms with Crippen LogP contribution in [0.2, 0.25) is 0 Å². The maximum atomic E-state index is 12.0. The summed E-state index contributed by atoms with van der Waals surface area (Å²) in [5, 5.41) is 11.8. The highest BCUT2D eigenvalue weighted by molar-refractivity contribution is 5.92. The number of ether oxygens (including phenoxy) is 1. The first kappa shape index (κ1) is 13.9. The Bertz CT molecular complexity index is 307. The van der Waals surface area contributed by atoms with Crippen LogP contribution in [0.15, 0.2) is 0 Å². The SMILES string of the molecule is CCC(CC)(NC(=O)C1(N)CCOC1)C(=O)O. The molecule has 0 aromatic heterocycles. The molecular weight excluding hydrogens is 224 g/mol. The van der Waals surface area contributed by atoms with Gasteiger partial charge in [0.2, 0.25) is 5.91 Å². The third kappa shape index (κ3) is 2.58. The highest BCUT2D eigenvalue weighted by Crippen LogP contribution is 2.20. The molecule has 0 aromatic carbocycles. The van der Waals surface area contributed by atoms with E-state index in [0.717, 1.165) is 0 Å². The van der Waals surface area contributed by atoms with Crippen molar-refractivity contribution in [3.8, 4) is 0 Å². The van der Waals surface area contributed by atoms with Crippen LogP contribution < -0.4 is 11.1 Å². The number of carbonyl (C=O) groups is 2. The van der Waals surface area contributed by atoms with E-state index in [0.29, 0.717) is 25.9 Å². The fraction of sp³-hybridized carbons (Fsp3) is 0.818. The van der Waals surface area contributed by atoms with Crippen molar-refractivity contribution >= 4 is 11.9 Å². The number of carbonyl (C=O) groups excluding carboxylic acids is 1. The summed E-state index contributed by atoms with van der Waals surface area (Å²) in [6, 6.07) is 0. The lowest BCUT2D eigenvalue weighted by Crippen LogP contribution is -2.63. The normalized spacial score (nSPS) is 24.6. The second kappa shape index (κ2) is 5.01. The Balaban J connectivity index is 2.80. The lowest BCUT2D eigenvalue weighted by molar-refractivity contribution is -0.149.